The molecule has 0 spiro atoms. The molecule has 7 heteroatoms. The second-order valence-electron chi connectivity index (χ2n) is 6.44. The van der Waals surface area contributed by atoms with Gasteiger partial charge in [0.05, 0.1) is 14.2 Å². The van der Waals surface area contributed by atoms with Crippen molar-refractivity contribution in [2.45, 2.75) is 19.8 Å². The van der Waals surface area contributed by atoms with Crippen LogP contribution in [0.4, 0.5) is 11.6 Å². The molecule has 1 fully saturated rings. The van der Waals surface area contributed by atoms with E-state index in [-0.39, 0.29) is 5.91 Å². The molecule has 1 aromatic heterocycles. The van der Waals surface area contributed by atoms with E-state index in [0.717, 1.165) is 31.8 Å². The van der Waals surface area contributed by atoms with Gasteiger partial charge in [0.15, 0.2) is 11.5 Å². The predicted octanol–water partition coefficient (Wildman–Crippen LogP) is 2.98. The van der Waals surface area contributed by atoms with Crippen molar-refractivity contribution in [3.8, 4) is 11.5 Å². The summed E-state index contributed by atoms with van der Waals surface area (Å²) in [6.45, 7) is 4.09. The van der Waals surface area contributed by atoms with Crippen LogP contribution in [0.2, 0.25) is 0 Å². The zero-order chi connectivity index (χ0) is 18.5. The number of hydrogen-bond donors (Lipinski definition) is 1. The minimum atomic E-state index is -0.286. The first kappa shape index (κ1) is 18.0. The number of benzene rings is 1. The second kappa shape index (κ2) is 8.03. The number of anilines is 2. The van der Waals surface area contributed by atoms with Gasteiger partial charge in [0.2, 0.25) is 5.95 Å². The third-order valence-corrected chi connectivity index (χ3v) is 4.58. The highest BCUT2D eigenvalue weighted by atomic mass is 16.5. The highest BCUT2D eigenvalue weighted by Crippen LogP contribution is 2.30. The van der Waals surface area contributed by atoms with Crippen molar-refractivity contribution in [3.63, 3.8) is 0 Å². The summed E-state index contributed by atoms with van der Waals surface area (Å²) >= 11 is 0. The van der Waals surface area contributed by atoms with Crippen LogP contribution in [0.1, 0.15) is 30.3 Å². The van der Waals surface area contributed by atoms with E-state index in [4.69, 9.17) is 9.47 Å². The Morgan fingerprint density at radius 3 is 2.58 bits per heavy atom. The zero-order valence-corrected chi connectivity index (χ0v) is 15.4. The first-order valence-corrected chi connectivity index (χ1v) is 8.72. The lowest BCUT2D eigenvalue weighted by atomic mass is 10.00. The van der Waals surface area contributed by atoms with E-state index >= 15 is 0 Å². The van der Waals surface area contributed by atoms with Crippen molar-refractivity contribution < 1.29 is 14.3 Å². The van der Waals surface area contributed by atoms with Crippen LogP contribution in [0, 0.1) is 5.92 Å². The highest BCUT2D eigenvalue weighted by Gasteiger charge is 2.19. The number of aromatic nitrogens is 2. The summed E-state index contributed by atoms with van der Waals surface area (Å²) in [4.78, 5) is 23.5. The van der Waals surface area contributed by atoms with Crippen molar-refractivity contribution in [1.82, 2.24) is 9.97 Å². The van der Waals surface area contributed by atoms with Gasteiger partial charge in [-0.2, -0.15) is 0 Å². The molecule has 0 atom stereocenters. The molecule has 0 saturated carbocycles. The van der Waals surface area contributed by atoms with Gasteiger partial charge in [-0.15, -0.1) is 0 Å². The monoisotopic (exact) mass is 356 g/mol. The summed E-state index contributed by atoms with van der Waals surface area (Å²) in [5.74, 6) is 2.20. The van der Waals surface area contributed by atoms with E-state index in [9.17, 15) is 4.79 Å². The topological polar surface area (TPSA) is 76.6 Å². The van der Waals surface area contributed by atoms with Crippen LogP contribution in [0.15, 0.2) is 30.5 Å². The van der Waals surface area contributed by atoms with E-state index < -0.39 is 0 Å². The molecule has 1 aliphatic rings. The Hall–Kier alpha value is -2.83. The fourth-order valence-corrected chi connectivity index (χ4v) is 2.94. The maximum absolute atomic E-state index is 12.6. The molecule has 0 bridgehead atoms. The molecule has 26 heavy (non-hydrogen) atoms. The second-order valence-corrected chi connectivity index (χ2v) is 6.44. The lowest BCUT2D eigenvalue weighted by Gasteiger charge is -2.30. The van der Waals surface area contributed by atoms with Gasteiger partial charge < -0.3 is 19.7 Å². The average molecular weight is 356 g/mol. The first-order valence-electron chi connectivity index (χ1n) is 8.72. The maximum Gasteiger partial charge on any atom is 0.274 e. The number of ether oxygens (including phenoxy) is 2. The molecular formula is C19H24N4O3. The molecule has 1 amide bonds. The standard InChI is InChI=1S/C19H24N4O3/c1-13-7-10-23(11-8-13)19-20-9-6-15(22-19)18(24)21-14-4-5-16(25-2)17(12-14)26-3/h4-6,9,12-13H,7-8,10-11H2,1-3H3,(H,21,24). The predicted molar refractivity (Wildman–Crippen MR) is 100 cm³/mol. The van der Waals surface area contributed by atoms with E-state index in [0.29, 0.717) is 28.8 Å². The molecular weight excluding hydrogens is 332 g/mol. The Balaban J connectivity index is 1.73. The van der Waals surface area contributed by atoms with Crippen molar-refractivity contribution >= 4 is 17.5 Å². The fourth-order valence-electron chi connectivity index (χ4n) is 2.94. The molecule has 0 radical (unpaired) electrons. The van der Waals surface area contributed by atoms with Crippen LogP contribution in [0.3, 0.4) is 0 Å². The molecule has 138 valence electrons. The van der Waals surface area contributed by atoms with Gasteiger partial charge in [0, 0.05) is 31.0 Å². The van der Waals surface area contributed by atoms with Gasteiger partial charge in [-0.25, -0.2) is 9.97 Å². The Bertz CT molecular complexity index is 773. The summed E-state index contributed by atoms with van der Waals surface area (Å²) < 4.78 is 10.5. The first-order chi connectivity index (χ1) is 12.6. The minimum Gasteiger partial charge on any atom is -0.493 e. The smallest absolute Gasteiger partial charge is 0.274 e. The summed E-state index contributed by atoms with van der Waals surface area (Å²) in [5, 5.41) is 2.84. The third-order valence-electron chi connectivity index (χ3n) is 4.58. The third kappa shape index (κ3) is 4.04. The van der Waals surface area contributed by atoms with E-state index in [2.05, 4.69) is 27.1 Å². The number of nitrogens with zero attached hydrogens (tertiary/aromatic N) is 3. The van der Waals surface area contributed by atoms with Gasteiger partial charge in [-0.05, 0) is 37.0 Å². The van der Waals surface area contributed by atoms with Gasteiger partial charge >= 0.3 is 0 Å². The van der Waals surface area contributed by atoms with Gasteiger partial charge in [-0.1, -0.05) is 6.92 Å². The molecule has 2 aromatic rings. The molecule has 1 N–H and O–H groups in total. The maximum atomic E-state index is 12.6. The van der Waals surface area contributed by atoms with E-state index in [1.165, 1.54) is 0 Å². The van der Waals surface area contributed by atoms with Crippen molar-refractivity contribution in [3.05, 3.63) is 36.2 Å². The van der Waals surface area contributed by atoms with Crippen LogP contribution in [0.25, 0.3) is 0 Å². The SMILES string of the molecule is COc1ccc(NC(=O)c2ccnc(N3CCC(C)CC3)n2)cc1OC. The van der Waals surface area contributed by atoms with E-state index in [1.807, 2.05) is 0 Å². The summed E-state index contributed by atoms with van der Waals surface area (Å²) in [6.07, 6.45) is 3.86. The average Bonchev–Trinajstić information content (AvgIpc) is 2.68. The van der Waals surface area contributed by atoms with E-state index in [1.54, 1.807) is 44.7 Å². The highest BCUT2D eigenvalue weighted by molar-refractivity contribution is 6.03. The molecule has 1 saturated heterocycles. The normalized spacial score (nSPS) is 14.8. The number of carbonyl (C=O) groups excluding carboxylic acids is 1. The van der Waals surface area contributed by atoms with Crippen molar-refractivity contribution in [2.75, 3.05) is 37.5 Å². The Labute approximate surface area is 153 Å². The molecule has 0 aliphatic carbocycles. The number of nitrogens with one attached hydrogen (secondary N) is 1. The summed E-state index contributed by atoms with van der Waals surface area (Å²) in [5.41, 5.74) is 0.947. The van der Waals surface area contributed by atoms with Crippen molar-refractivity contribution in [2.24, 2.45) is 5.92 Å². The summed E-state index contributed by atoms with van der Waals surface area (Å²) in [6, 6.07) is 6.83. The molecule has 1 aromatic carbocycles. The van der Waals surface area contributed by atoms with Gasteiger partial charge in [0.25, 0.3) is 5.91 Å². The minimum absolute atomic E-state index is 0.286. The van der Waals surface area contributed by atoms with Crippen LogP contribution in [-0.2, 0) is 0 Å². The van der Waals surface area contributed by atoms with Gasteiger partial charge in [-0.3, -0.25) is 4.79 Å². The molecule has 7 nitrogen and oxygen atoms in total. The van der Waals surface area contributed by atoms with Crippen molar-refractivity contribution in [1.29, 1.82) is 0 Å². The van der Waals surface area contributed by atoms with Crippen LogP contribution in [-0.4, -0.2) is 43.2 Å². The van der Waals surface area contributed by atoms with Gasteiger partial charge in [0.1, 0.15) is 5.69 Å². The zero-order valence-electron chi connectivity index (χ0n) is 15.4. The Kier molecular flexibility index (Phi) is 5.55. The number of amides is 1. The number of rotatable bonds is 5. The van der Waals surface area contributed by atoms with Crippen LogP contribution < -0.4 is 19.7 Å². The Morgan fingerprint density at radius 1 is 1.15 bits per heavy atom. The fraction of sp³-hybridized carbons (Fsp3) is 0.421. The Morgan fingerprint density at radius 2 is 1.88 bits per heavy atom. The van der Waals surface area contributed by atoms with Crippen LogP contribution >= 0.6 is 0 Å². The lowest BCUT2D eigenvalue weighted by Crippen LogP contribution is -2.34. The molecule has 0 unspecified atom stereocenters. The quantitative estimate of drug-likeness (QED) is 0.887. The largest absolute Gasteiger partial charge is 0.493 e. The van der Waals surface area contributed by atoms with Crippen LogP contribution in [0.5, 0.6) is 11.5 Å². The lowest BCUT2D eigenvalue weighted by molar-refractivity contribution is 0.102. The molecule has 2 heterocycles. The summed E-state index contributed by atoms with van der Waals surface area (Å²) in [7, 11) is 3.12. The molecule has 1 aliphatic heterocycles. The number of carbonyl (C=O) groups is 1. The molecule has 3 rings (SSSR count). The number of methoxy groups -OCH3 is 2. The number of piperidine rings is 1. The number of hydrogen-bond acceptors (Lipinski definition) is 6.